The predicted octanol–water partition coefficient (Wildman–Crippen LogP) is 2.32. The van der Waals surface area contributed by atoms with Crippen molar-refractivity contribution in [1.29, 1.82) is 0 Å². The van der Waals surface area contributed by atoms with Crippen molar-refractivity contribution in [2.45, 2.75) is 32.7 Å². The van der Waals surface area contributed by atoms with Crippen molar-refractivity contribution in [1.82, 2.24) is 9.55 Å². The summed E-state index contributed by atoms with van der Waals surface area (Å²) in [7, 11) is 0. The molecule has 1 aliphatic carbocycles. The number of nitrogens with two attached hydrogens (primary N) is 1. The van der Waals surface area contributed by atoms with E-state index in [1.165, 1.54) is 22.2 Å². The number of amides is 2. The molecular weight excluding hydrogens is 376 g/mol. The van der Waals surface area contributed by atoms with Gasteiger partial charge in [-0.2, -0.15) is 0 Å². The van der Waals surface area contributed by atoms with E-state index in [0.717, 1.165) is 29.7 Å². The lowest BCUT2D eigenvalue weighted by atomic mass is 9.88. The van der Waals surface area contributed by atoms with Gasteiger partial charge in [-0.1, -0.05) is 19.1 Å². The fourth-order valence-corrected chi connectivity index (χ4v) is 5.07. The number of benzene rings is 1. The molecule has 0 bridgehead atoms. The zero-order valence-corrected chi connectivity index (χ0v) is 16.2. The number of aromatic nitrogens is 2. The lowest BCUT2D eigenvalue weighted by molar-refractivity contribution is -0.116. The second-order valence-corrected chi connectivity index (χ2v) is 8.27. The first-order chi connectivity index (χ1) is 13.4. The maximum atomic E-state index is 12.6. The first kappa shape index (κ1) is 18.4. The summed E-state index contributed by atoms with van der Waals surface area (Å²) in [5.74, 6) is -0.391. The van der Waals surface area contributed by atoms with Crippen LogP contribution in [0.5, 0.6) is 0 Å². The number of carbonyl (C=O) groups excluding carboxylic acids is 2. The van der Waals surface area contributed by atoms with Crippen LogP contribution in [-0.4, -0.2) is 21.4 Å². The molecule has 1 unspecified atom stereocenters. The smallest absolute Gasteiger partial charge is 0.261 e. The third-order valence-corrected chi connectivity index (χ3v) is 6.23. The van der Waals surface area contributed by atoms with Crippen molar-refractivity contribution in [2.75, 3.05) is 5.32 Å². The minimum absolute atomic E-state index is 0.187. The number of para-hydroxylation sites is 1. The van der Waals surface area contributed by atoms with Crippen LogP contribution in [0.4, 0.5) is 5.00 Å². The highest BCUT2D eigenvalue weighted by Gasteiger charge is 2.27. The number of nitrogens with one attached hydrogen (secondary N) is 1. The molecule has 2 amide bonds. The Morgan fingerprint density at radius 2 is 2.14 bits per heavy atom. The molecule has 4 rings (SSSR count). The second kappa shape index (κ2) is 7.20. The second-order valence-electron chi connectivity index (χ2n) is 7.16. The summed E-state index contributed by atoms with van der Waals surface area (Å²) >= 11 is 1.40. The van der Waals surface area contributed by atoms with E-state index in [4.69, 9.17) is 5.73 Å². The van der Waals surface area contributed by atoms with Crippen LogP contribution in [0, 0.1) is 5.92 Å². The fraction of sp³-hybridized carbons (Fsp3) is 0.300. The molecule has 0 saturated heterocycles. The molecule has 1 aliphatic rings. The SMILES string of the molecule is CC1CCc2c(sc(NC(=O)Cn3cnc4ccccc4c3=O)c2C(N)=O)C1. The molecule has 7 nitrogen and oxygen atoms in total. The summed E-state index contributed by atoms with van der Waals surface area (Å²) in [4.78, 5) is 42.5. The fourth-order valence-electron chi connectivity index (χ4n) is 3.64. The Labute approximate surface area is 165 Å². The van der Waals surface area contributed by atoms with Gasteiger partial charge in [-0.25, -0.2) is 4.98 Å². The van der Waals surface area contributed by atoms with Crippen molar-refractivity contribution >= 4 is 39.1 Å². The average molecular weight is 396 g/mol. The van der Waals surface area contributed by atoms with Crippen LogP contribution >= 0.6 is 11.3 Å². The van der Waals surface area contributed by atoms with Crippen molar-refractivity contribution in [3.05, 3.63) is 57.0 Å². The number of primary amides is 1. The van der Waals surface area contributed by atoms with E-state index in [1.54, 1.807) is 24.3 Å². The molecule has 3 N–H and O–H groups in total. The molecule has 2 aromatic heterocycles. The maximum Gasteiger partial charge on any atom is 0.261 e. The summed E-state index contributed by atoms with van der Waals surface area (Å²) in [6.45, 7) is 1.98. The topological polar surface area (TPSA) is 107 Å². The number of hydrogen-bond donors (Lipinski definition) is 2. The minimum atomic E-state index is -0.535. The molecule has 1 atom stereocenters. The van der Waals surface area contributed by atoms with Gasteiger partial charge in [0.25, 0.3) is 11.5 Å². The van der Waals surface area contributed by atoms with Gasteiger partial charge in [0.1, 0.15) is 11.5 Å². The summed E-state index contributed by atoms with van der Waals surface area (Å²) in [6.07, 6.45) is 4.02. The van der Waals surface area contributed by atoms with Crippen molar-refractivity contribution in [2.24, 2.45) is 11.7 Å². The predicted molar refractivity (Wildman–Crippen MR) is 109 cm³/mol. The number of hydrogen-bond acceptors (Lipinski definition) is 5. The van der Waals surface area contributed by atoms with E-state index < -0.39 is 11.8 Å². The van der Waals surface area contributed by atoms with Crippen molar-refractivity contribution < 1.29 is 9.59 Å². The highest BCUT2D eigenvalue weighted by Crippen LogP contribution is 2.39. The van der Waals surface area contributed by atoms with Gasteiger partial charge in [-0.3, -0.25) is 19.0 Å². The number of carbonyl (C=O) groups is 2. The van der Waals surface area contributed by atoms with E-state index in [0.29, 0.717) is 27.4 Å². The first-order valence-electron chi connectivity index (χ1n) is 9.12. The van der Waals surface area contributed by atoms with Crippen molar-refractivity contribution in [3.8, 4) is 0 Å². The maximum absolute atomic E-state index is 12.6. The Balaban J connectivity index is 1.60. The van der Waals surface area contributed by atoms with Gasteiger partial charge in [-0.15, -0.1) is 11.3 Å². The molecule has 3 aromatic rings. The van der Waals surface area contributed by atoms with Gasteiger partial charge in [0, 0.05) is 4.88 Å². The van der Waals surface area contributed by atoms with Gasteiger partial charge in [0.2, 0.25) is 5.91 Å². The minimum Gasteiger partial charge on any atom is -0.365 e. The van der Waals surface area contributed by atoms with Crippen LogP contribution < -0.4 is 16.6 Å². The van der Waals surface area contributed by atoms with Gasteiger partial charge in [-0.05, 0) is 42.9 Å². The largest absolute Gasteiger partial charge is 0.365 e. The Morgan fingerprint density at radius 3 is 2.93 bits per heavy atom. The monoisotopic (exact) mass is 396 g/mol. The summed E-state index contributed by atoms with van der Waals surface area (Å²) in [6, 6.07) is 6.99. The lowest BCUT2D eigenvalue weighted by Crippen LogP contribution is -2.28. The van der Waals surface area contributed by atoms with Crippen LogP contribution in [0.25, 0.3) is 10.9 Å². The number of fused-ring (bicyclic) bond motifs is 2. The Morgan fingerprint density at radius 1 is 1.36 bits per heavy atom. The van der Waals surface area contributed by atoms with Gasteiger partial charge in [0.05, 0.1) is 22.8 Å². The third kappa shape index (κ3) is 3.31. The highest BCUT2D eigenvalue weighted by molar-refractivity contribution is 7.17. The normalized spacial score (nSPS) is 16.0. The summed E-state index contributed by atoms with van der Waals surface area (Å²) in [5.41, 5.74) is 7.25. The molecule has 0 radical (unpaired) electrons. The first-order valence-corrected chi connectivity index (χ1v) is 9.94. The Bertz CT molecular complexity index is 1150. The van der Waals surface area contributed by atoms with Crippen LogP contribution in [-0.2, 0) is 24.2 Å². The third-order valence-electron chi connectivity index (χ3n) is 5.06. The Kier molecular flexibility index (Phi) is 4.72. The van der Waals surface area contributed by atoms with E-state index in [-0.39, 0.29) is 12.1 Å². The Hall–Kier alpha value is -3.00. The standard InChI is InChI=1S/C20H20N4O3S/c1-11-6-7-13-15(8-11)28-19(17(13)18(21)26)23-16(25)9-24-10-22-14-5-3-2-4-12(14)20(24)27/h2-5,10-11H,6-9H2,1H3,(H2,21,26)(H,23,25). The molecule has 0 fully saturated rings. The van der Waals surface area contributed by atoms with Crippen LogP contribution in [0.3, 0.4) is 0 Å². The van der Waals surface area contributed by atoms with Crippen LogP contribution in [0.15, 0.2) is 35.4 Å². The highest BCUT2D eigenvalue weighted by atomic mass is 32.1. The van der Waals surface area contributed by atoms with Crippen LogP contribution in [0.1, 0.15) is 34.1 Å². The van der Waals surface area contributed by atoms with Gasteiger partial charge < -0.3 is 11.1 Å². The van der Waals surface area contributed by atoms with Crippen molar-refractivity contribution in [3.63, 3.8) is 0 Å². The molecule has 144 valence electrons. The number of anilines is 1. The lowest BCUT2D eigenvalue weighted by Gasteiger charge is -2.18. The summed E-state index contributed by atoms with van der Waals surface area (Å²) in [5, 5.41) is 3.70. The number of thiophene rings is 1. The molecule has 28 heavy (non-hydrogen) atoms. The van der Waals surface area contributed by atoms with Crippen LogP contribution in [0.2, 0.25) is 0 Å². The van der Waals surface area contributed by atoms with E-state index in [2.05, 4.69) is 17.2 Å². The number of nitrogens with zero attached hydrogens (tertiary/aromatic N) is 2. The van der Waals surface area contributed by atoms with E-state index >= 15 is 0 Å². The van der Waals surface area contributed by atoms with E-state index in [9.17, 15) is 14.4 Å². The van der Waals surface area contributed by atoms with Gasteiger partial charge in [0.15, 0.2) is 0 Å². The molecular formula is C20H20N4O3S. The molecule has 8 heteroatoms. The zero-order valence-electron chi connectivity index (χ0n) is 15.4. The number of rotatable bonds is 4. The zero-order chi connectivity index (χ0) is 19.8. The van der Waals surface area contributed by atoms with Gasteiger partial charge >= 0.3 is 0 Å². The molecule has 1 aromatic carbocycles. The molecule has 2 heterocycles. The summed E-state index contributed by atoms with van der Waals surface area (Å²) < 4.78 is 1.26. The average Bonchev–Trinajstić information content (AvgIpc) is 3.01. The molecule has 0 aliphatic heterocycles. The molecule has 0 saturated carbocycles. The molecule has 0 spiro atoms. The van der Waals surface area contributed by atoms with E-state index in [1.807, 2.05) is 0 Å². The quantitative estimate of drug-likeness (QED) is 0.706.